The summed E-state index contributed by atoms with van der Waals surface area (Å²) in [6, 6.07) is 16.8. The van der Waals surface area contributed by atoms with Crippen LogP contribution in [-0.4, -0.2) is 11.7 Å². The molecule has 1 aromatic heterocycles. The highest BCUT2D eigenvalue weighted by Gasteiger charge is 2.01. The van der Waals surface area contributed by atoms with E-state index in [1.54, 1.807) is 31.5 Å². The summed E-state index contributed by atoms with van der Waals surface area (Å²) in [5.41, 5.74) is 2.09. The molecule has 0 fully saturated rings. The Morgan fingerprint density at radius 2 is 1.80 bits per heavy atom. The summed E-state index contributed by atoms with van der Waals surface area (Å²) in [6.07, 6.45) is 1.68. The fourth-order valence-corrected chi connectivity index (χ4v) is 2.41. The highest BCUT2D eigenvalue weighted by Crippen LogP contribution is 2.11. The van der Waals surface area contributed by atoms with Crippen LogP contribution in [0.15, 0.2) is 71.7 Å². The number of hydrogen-bond donors (Lipinski definition) is 0. The molecule has 0 saturated heterocycles. The molecule has 2 aromatic carbocycles. The monoisotopic (exact) mass is 333 g/mol. The fourth-order valence-electron chi connectivity index (χ4n) is 2.41. The average Bonchev–Trinajstić information content (AvgIpc) is 2.62. The molecule has 0 unspecified atom stereocenters. The molecule has 0 spiro atoms. The maximum absolute atomic E-state index is 13.3. The second kappa shape index (κ2) is 7.50. The molecule has 0 saturated carbocycles. The molecule has 25 heavy (non-hydrogen) atoms. The second-order valence-corrected chi connectivity index (χ2v) is 5.50. The van der Waals surface area contributed by atoms with E-state index in [2.05, 4.69) is 11.8 Å². The number of ether oxygens (including phenoxy) is 1. The highest BCUT2D eigenvalue weighted by molar-refractivity contribution is 5.44. The van der Waals surface area contributed by atoms with E-state index in [9.17, 15) is 9.18 Å². The molecular weight excluding hydrogens is 317 g/mol. The van der Waals surface area contributed by atoms with Gasteiger partial charge in [0.15, 0.2) is 0 Å². The topological polar surface area (TPSA) is 31.2 Å². The number of methoxy groups -OCH3 is 1. The Bertz CT molecular complexity index is 1010. The number of aromatic nitrogens is 1. The van der Waals surface area contributed by atoms with E-state index in [0.717, 1.165) is 16.9 Å². The molecule has 0 atom stereocenters. The summed E-state index contributed by atoms with van der Waals surface area (Å²) >= 11 is 0. The van der Waals surface area contributed by atoms with E-state index >= 15 is 0 Å². The molecule has 3 nitrogen and oxygen atoms in total. The summed E-state index contributed by atoms with van der Waals surface area (Å²) in [5.74, 6) is 6.51. The predicted octanol–water partition coefficient (Wildman–Crippen LogP) is 3.44. The number of benzene rings is 2. The Balaban J connectivity index is 1.87. The SMILES string of the molecule is COc1cccc(C#Cc2ccc(=O)n(Cc3cccc(F)c3)c2)c1. The number of halogens is 1. The zero-order chi connectivity index (χ0) is 17.6. The number of nitrogens with zero attached hydrogens (tertiary/aromatic N) is 1. The van der Waals surface area contributed by atoms with Gasteiger partial charge in [0.05, 0.1) is 13.7 Å². The van der Waals surface area contributed by atoms with Crippen molar-refractivity contribution < 1.29 is 9.13 Å². The van der Waals surface area contributed by atoms with Crippen LogP contribution in [0.5, 0.6) is 5.75 Å². The molecule has 0 aliphatic rings. The van der Waals surface area contributed by atoms with E-state index in [1.165, 1.54) is 22.8 Å². The Labute approximate surface area is 145 Å². The summed E-state index contributed by atoms with van der Waals surface area (Å²) in [4.78, 5) is 12.0. The molecule has 1 heterocycles. The molecule has 0 amide bonds. The van der Waals surface area contributed by atoms with Crippen LogP contribution in [0, 0.1) is 17.7 Å². The van der Waals surface area contributed by atoms with E-state index in [1.807, 2.05) is 24.3 Å². The fraction of sp³-hybridized carbons (Fsp3) is 0.0952. The molecule has 0 N–H and O–H groups in total. The van der Waals surface area contributed by atoms with Gasteiger partial charge in [-0.15, -0.1) is 0 Å². The maximum atomic E-state index is 13.3. The van der Waals surface area contributed by atoms with E-state index in [4.69, 9.17) is 4.74 Å². The third-order valence-corrected chi connectivity index (χ3v) is 3.65. The van der Waals surface area contributed by atoms with Crippen LogP contribution in [0.4, 0.5) is 4.39 Å². The minimum Gasteiger partial charge on any atom is -0.497 e. The lowest BCUT2D eigenvalue weighted by molar-refractivity contribution is 0.414. The summed E-state index contributed by atoms with van der Waals surface area (Å²) in [7, 11) is 1.61. The van der Waals surface area contributed by atoms with Crippen molar-refractivity contribution in [2.24, 2.45) is 0 Å². The molecule has 0 aliphatic carbocycles. The minimum atomic E-state index is -0.320. The number of rotatable bonds is 3. The summed E-state index contributed by atoms with van der Waals surface area (Å²) in [5, 5.41) is 0. The van der Waals surface area contributed by atoms with Gasteiger partial charge in [-0.1, -0.05) is 30.0 Å². The normalized spacial score (nSPS) is 10.0. The number of pyridine rings is 1. The molecule has 0 aliphatic heterocycles. The van der Waals surface area contributed by atoms with Crippen molar-refractivity contribution in [3.8, 4) is 17.6 Å². The smallest absolute Gasteiger partial charge is 0.250 e. The molecule has 0 bridgehead atoms. The highest BCUT2D eigenvalue weighted by atomic mass is 19.1. The van der Waals surface area contributed by atoms with Crippen molar-refractivity contribution in [2.75, 3.05) is 7.11 Å². The van der Waals surface area contributed by atoms with Gasteiger partial charge in [0.2, 0.25) is 0 Å². The van der Waals surface area contributed by atoms with Crippen molar-refractivity contribution in [3.05, 3.63) is 99.7 Å². The van der Waals surface area contributed by atoms with Gasteiger partial charge < -0.3 is 9.30 Å². The molecular formula is C21H16FNO2. The van der Waals surface area contributed by atoms with Crippen LogP contribution in [0.25, 0.3) is 0 Å². The van der Waals surface area contributed by atoms with Crippen LogP contribution in [-0.2, 0) is 6.54 Å². The van der Waals surface area contributed by atoms with Crippen LogP contribution >= 0.6 is 0 Å². The van der Waals surface area contributed by atoms with Gasteiger partial charge in [-0.25, -0.2) is 4.39 Å². The lowest BCUT2D eigenvalue weighted by atomic mass is 10.2. The molecule has 0 radical (unpaired) electrons. The van der Waals surface area contributed by atoms with Crippen LogP contribution < -0.4 is 10.3 Å². The van der Waals surface area contributed by atoms with Gasteiger partial charge >= 0.3 is 0 Å². The first-order valence-corrected chi connectivity index (χ1v) is 7.75. The molecule has 3 aromatic rings. The third kappa shape index (κ3) is 4.36. The Morgan fingerprint density at radius 1 is 1.00 bits per heavy atom. The Morgan fingerprint density at radius 3 is 2.60 bits per heavy atom. The van der Waals surface area contributed by atoms with Crippen molar-refractivity contribution >= 4 is 0 Å². The largest absolute Gasteiger partial charge is 0.497 e. The first-order valence-electron chi connectivity index (χ1n) is 7.75. The van der Waals surface area contributed by atoms with Gasteiger partial charge in [-0.2, -0.15) is 0 Å². The lowest BCUT2D eigenvalue weighted by Gasteiger charge is -2.06. The quantitative estimate of drug-likeness (QED) is 0.688. The van der Waals surface area contributed by atoms with E-state index in [-0.39, 0.29) is 11.4 Å². The average molecular weight is 333 g/mol. The van der Waals surface area contributed by atoms with Gasteiger partial charge in [-0.3, -0.25) is 4.79 Å². The molecule has 124 valence electrons. The van der Waals surface area contributed by atoms with E-state index in [0.29, 0.717) is 12.1 Å². The molecule has 3 rings (SSSR count). The third-order valence-electron chi connectivity index (χ3n) is 3.65. The van der Waals surface area contributed by atoms with E-state index < -0.39 is 0 Å². The Kier molecular flexibility index (Phi) is 4.96. The first-order chi connectivity index (χ1) is 12.1. The minimum absolute atomic E-state index is 0.156. The van der Waals surface area contributed by atoms with Crippen molar-refractivity contribution in [1.82, 2.24) is 4.57 Å². The van der Waals surface area contributed by atoms with Crippen LogP contribution in [0.1, 0.15) is 16.7 Å². The van der Waals surface area contributed by atoms with Gasteiger partial charge in [0, 0.05) is 23.4 Å². The zero-order valence-electron chi connectivity index (χ0n) is 13.7. The van der Waals surface area contributed by atoms with Crippen LogP contribution in [0.2, 0.25) is 0 Å². The standard InChI is InChI=1S/C21H16FNO2/c1-25-20-7-3-4-16(13-20)8-9-17-10-11-21(24)23(14-17)15-18-5-2-6-19(22)12-18/h2-7,10-14H,15H2,1H3. The first kappa shape index (κ1) is 16.5. The van der Waals surface area contributed by atoms with Crippen molar-refractivity contribution in [1.29, 1.82) is 0 Å². The van der Waals surface area contributed by atoms with Crippen LogP contribution in [0.3, 0.4) is 0 Å². The van der Waals surface area contributed by atoms with Gasteiger partial charge in [0.25, 0.3) is 5.56 Å². The summed E-state index contributed by atoms with van der Waals surface area (Å²) < 4.78 is 20.0. The number of hydrogen-bond acceptors (Lipinski definition) is 2. The zero-order valence-corrected chi connectivity index (χ0v) is 13.7. The van der Waals surface area contributed by atoms with Gasteiger partial charge in [0.1, 0.15) is 11.6 Å². The van der Waals surface area contributed by atoms with Crippen molar-refractivity contribution in [2.45, 2.75) is 6.54 Å². The molecule has 4 heteroatoms. The predicted molar refractivity (Wildman–Crippen MR) is 95.2 cm³/mol. The second-order valence-electron chi connectivity index (χ2n) is 5.50. The van der Waals surface area contributed by atoms with Crippen molar-refractivity contribution in [3.63, 3.8) is 0 Å². The lowest BCUT2D eigenvalue weighted by Crippen LogP contribution is -2.19. The van der Waals surface area contributed by atoms with Gasteiger partial charge in [-0.05, 0) is 42.0 Å². The Hall–Kier alpha value is -3.32. The summed E-state index contributed by atoms with van der Waals surface area (Å²) in [6.45, 7) is 0.297. The maximum Gasteiger partial charge on any atom is 0.250 e.